The van der Waals surface area contributed by atoms with E-state index in [0.717, 1.165) is 18.7 Å². The second-order valence-corrected chi connectivity index (χ2v) is 4.95. The lowest BCUT2D eigenvalue weighted by molar-refractivity contribution is 0.299. The first-order valence-corrected chi connectivity index (χ1v) is 6.69. The summed E-state index contributed by atoms with van der Waals surface area (Å²) in [6.45, 7) is 5.30. The lowest BCUT2D eigenvalue weighted by Gasteiger charge is -2.10. The molecule has 0 saturated heterocycles. The minimum atomic E-state index is 0.204. The molecule has 100 valence electrons. The van der Waals surface area contributed by atoms with Crippen LogP contribution in [0, 0.1) is 13.8 Å². The number of aliphatic hydroxyl groups is 1. The van der Waals surface area contributed by atoms with Crippen molar-refractivity contribution in [1.29, 1.82) is 0 Å². The van der Waals surface area contributed by atoms with Gasteiger partial charge in [0.2, 0.25) is 0 Å². The summed E-state index contributed by atoms with van der Waals surface area (Å²) in [6.07, 6.45) is 0.720. The van der Waals surface area contributed by atoms with E-state index in [2.05, 4.69) is 61.6 Å². The average molecular weight is 255 g/mol. The van der Waals surface area contributed by atoms with E-state index in [0.29, 0.717) is 0 Å². The molecule has 0 saturated carbocycles. The van der Waals surface area contributed by atoms with E-state index >= 15 is 0 Å². The van der Waals surface area contributed by atoms with Crippen LogP contribution in [0.4, 0.5) is 5.69 Å². The molecule has 2 N–H and O–H groups in total. The molecule has 0 atom stereocenters. The Kier molecular flexibility index (Phi) is 4.58. The van der Waals surface area contributed by atoms with E-state index in [1.807, 2.05) is 0 Å². The van der Waals surface area contributed by atoms with Crippen molar-refractivity contribution in [2.24, 2.45) is 0 Å². The first kappa shape index (κ1) is 13.6. The molecule has 2 aromatic carbocycles. The quantitative estimate of drug-likeness (QED) is 0.857. The van der Waals surface area contributed by atoms with Crippen molar-refractivity contribution in [3.8, 4) is 0 Å². The van der Waals surface area contributed by atoms with Gasteiger partial charge in [-0.1, -0.05) is 35.9 Å². The highest BCUT2D eigenvalue weighted by Gasteiger charge is 1.99. The normalized spacial score (nSPS) is 10.5. The highest BCUT2D eigenvalue weighted by Crippen LogP contribution is 2.14. The monoisotopic (exact) mass is 255 g/mol. The van der Waals surface area contributed by atoms with E-state index in [4.69, 9.17) is 5.11 Å². The Morgan fingerprint density at radius 3 is 2.37 bits per heavy atom. The van der Waals surface area contributed by atoms with Gasteiger partial charge in [-0.05, 0) is 49.1 Å². The molecule has 0 heterocycles. The Bertz CT molecular complexity index is 531. The molecule has 2 rings (SSSR count). The van der Waals surface area contributed by atoms with Gasteiger partial charge in [-0.25, -0.2) is 0 Å². The molecule has 0 aliphatic heterocycles. The standard InChI is InChI=1S/C17H21NO/c1-13-3-6-16(14(2)11-13)12-18-17-7-4-15(5-8-17)9-10-19/h3-8,11,18-19H,9-10,12H2,1-2H3. The number of nitrogens with one attached hydrogen (secondary N) is 1. The van der Waals surface area contributed by atoms with Crippen molar-refractivity contribution >= 4 is 5.69 Å². The molecule has 0 spiro atoms. The number of rotatable bonds is 5. The topological polar surface area (TPSA) is 32.3 Å². The smallest absolute Gasteiger partial charge is 0.0471 e. The number of benzene rings is 2. The van der Waals surface area contributed by atoms with E-state index in [-0.39, 0.29) is 6.61 Å². The first-order valence-electron chi connectivity index (χ1n) is 6.69. The van der Waals surface area contributed by atoms with Crippen LogP contribution in [0.15, 0.2) is 42.5 Å². The van der Waals surface area contributed by atoms with Crippen LogP contribution in [0.5, 0.6) is 0 Å². The predicted molar refractivity (Wildman–Crippen MR) is 80.5 cm³/mol. The van der Waals surface area contributed by atoms with Crippen molar-refractivity contribution < 1.29 is 5.11 Å². The van der Waals surface area contributed by atoms with Gasteiger partial charge in [-0.15, -0.1) is 0 Å². The molecular weight excluding hydrogens is 234 g/mol. The fraction of sp³-hybridized carbons (Fsp3) is 0.294. The molecule has 0 aliphatic rings. The summed E-state index contributed by atoms with van der Waals surface area (Å²) in [5.74, 6) is 0. The summed E-state index contributed by atoms with van der Waals surface area (Å²) in [4.78, 5) is 0. The number of anilines is 1. The fourth-order valence-corrected chi connectivity index (χ4v) is 2.16. The van der Waals surface area contributed by atoms with Crippen LogP contribution in [0.3, 0.4) is 0 Å². The van der Waals surface area contributed by atoms with Crippen LogP contribution >= 0.6 is 0 Å². The van der Waals surface area contributed by atoms with Gasteiger partial charge in [0.05, 0.1) is 0 Å². The Balaban J connectivity index is 1.98. The zero-order valence-electron chi connectivity index (χ0n) is 11.6. The van der Waals surface area contributed by atoms with Crippen molar-refractivity contribution in [3.05, 3.63) is 64.7 Å². The van der Waals surface area contributed by atoms with Crippen molar-refractivity contribution in [2.75, 3.05) is 11.9 Å². The summed E-state index contributed by atoms with van der Waals surface area (Å²) in [5.41, 5.74) is 6.23. The average Bonchev–Trinajstić information content (AvgIpc) is 2.40. The van der Waals surface area contributed by atoms with Crippen LogP contribution in [-0.2, 0) is 13.0 Å². The van der Waals surface area contributed by atoms with Gasteiger partial charge < -0.3 is 10.4 Å². The predicted octanol–water partition coefficient (Wildman–Crippen LogP) is 3.45. The highest BCUT2D eigenvalue weighted by atomic mass is 16.2. The number of hydrogen-bond acceptors (Lipinski definition) is 2. The maximum Gasteiger partial charge on any atom is 0.0471 e. The Hall–Kier alpha value is -1.80. The van der Waals surface area contributed by atoms with Crippen molar-refractivity contribution in [2.45, 2.75) is 26.8 Å². The minimum Gasteiger partial charge on any atom is -0.396 e. The number of aryl methyl sites for hydroxylation is 2. The van der Waals surface area contributed by atoms with Crippen LogP contribution in [0.2, 0.25) is 0 Å². The molecule has 0 aromatic heterocycles. The summed E-state index contributed by atoms with van der Waals surface area (Å²) in [6, 6.07) is 14.8. The van der Waals surface area contributed by atoms with E-state index < -0.39 is 0 Å². The Morgan fingerprint density at radius 2 is 1.74 bits per heavy atom. The molecule has 0 radical (unpaired) electrons. The second-order valence-electron chi connectivity index (χ2n) is 4.95. The molecule has 19 heavy (non-hydrogen) atoms. The van der Waals surface area contributed by atoms with E-state index in [1.54, 1.807) is 0 Å². The zero-order valence-corrected chi connectivity index (χ0v) is 11.6. The van der Waals surface area contributed by atoms with Gasteiger partial charge in [-0.3, -0.25) is 0 Å². The molecule has 2 heteroatoms. The van der Waals surface area contributed by atoms with Gasteiger partial charge >= 0.3 is 0 Å². The summed E-state index contributed by atoms with van der Waals surface area (Å²) >= 11 is 0. The van der Waals surface area contributed by atoms with E-state index in [9.17, 15) is 0 Å². The van der Waals surface area contributed by atoms with E-state index in [1.165, 1.54) is 22.3 Å². The number of aliphatic hydroxyl groups excluding tert-OH is 1. The Labute approximate surface area is 115 Å². The van der Waals surface area contributed by atoms with Gasteiger partial charge in [0.1, 0.15) is 0 Å². The SMILES string of the molecule is Cc1ccc(CNc2ccc(CCO)cc2)c(C)c1. The lowest BCUT2D eigenvalue weighted by atomic mass is 10.1. The summed E-state index contributed by atoms with van der Waals surface area (Å²) in [7, 11) is 0. The molecule has 0 amide bonds. The lowest BCUT2D eigenvalue weighted by Crippen LogP contribution is -2.01. The zero-order chi connectivity index (χ0) is 13.7. The van der Waals surface area contributed by atoms with Crippen LogP contribution in [-0.4, -0.2) is 11.7 Å². The summed E-state index contributed by atoms with van der Waals surface area (Å²) < 4.78 is 0. The van der Waals surface area contributed by atoms with Crippen molar-refractivity contribution in [3.63, 3.8) is 0 Å². The maximum absolute atomic E-state index is 8.88. The molecule has 0 unspecified atom stereocenters. The molecule has 2 nitrogen and oxygen atoms in total. The van der Waals surface area contributed by atoms with Gasteiger partial charge in [0.25, 0.3) is 0 Å². The van der Waals surface area contributed by atoms with Gasteiger partial charge in [-0.2, -0.15) is 0 Å². The fourth-order valence-electron chi connectivity index (χ4n) is 2.16. The molecular formula is C17H21NO. The third-order valence-corrected chi connectivity index (χ3v) is 3.34. The molecule has 0 bridgehead atoms. The molecule has 0 aliphatic carbocycles. The van der Waals surface area contributed by atoms with Crippen molar-refractivity contribution in [1.82, 2.24) is 0 Å². The third kappa shape index (κ3) is 3.83. The second kappa shape index (κ2) is 6.39. The van der Waals surface area contributed by atoms with Gasteiger partial charge in [0.15, 0.2) is 0 Å². The maximum atomic E-state index is 8.88. The summed E-state index contributed by atoms with van der Waals surface area (Å²) in [5, 5.41) is 12.3. The molecule has 2 aromatic rings. The highest BCUT2D eigenvalue weighted by molar-refractivity contribution is 5.46. The van der Waals surface area contributed by atoms with Crippen LogP contribution < -0.4 is 5.32 Å². The van der Waals surface area contributed by atoms with Crippen LogP contribution in [0.25, 0.3) is 0 Å². The van der Waals surface area contributed by atoms with Gasteiger partial charge in [0, 0.05) is 18.8 Å². The van der Waals surface area contributed by atoms with Crippen LogP contribution in [0.1, 0.15) is 22.3 Å². The minimum absolute atomic E-state index is 0.204. The third-order valence-electron chi connectivity index (χ3n) is 3.34. The Morgan fingerprint density at radius 1 is 1.00 bits per heavy atom. The molecule has 0 fully saturated rings. The largest absolute Gasteiger partial charge is 0.396 e. The first-order chi connectivity index (χ1) is 9.19. The number of hydrogen-bond donors (Lipinski definition) is 2.